The van der Waals surface area contributed by atoms with Crippen LogP contribution in [0.4, 0.5) is 4.79 Å². The Morgan fingerprint density at radius 2 is 2.00 bits per heavy atom. The zero-order valence-corrected chi connectivity index (χ0v) is 10.6. The maximum Gasteiger partial charge on any atom is 0.325 e. The van der Waals surface area contributed by atoms with Gasteiger partial charge in [0.15, 0.2) is 0 Å². The Bertz CT molecular complexity index is 323. The molecule has 4 nitrogen and oxygen atoms in total. The lowest BCUT2D eigenvalue weighted by Gasteiger charge is -2.20. The van der Waals surface area contributed by atoms with Gasteiger partial charge >= 0.3 is 6.03 Å². The first-order chi connectivity index (χ1) is 6.90. The number of carbonyl (C=O) groups is 2. The first-order valence-electron chi connectivity index (χ1n) is 5.10. The number of urea groups is 1. The van der Waals surface area contributed by atoms with Gasteiger partial charge in [-0.2, -0.15) is 0 Å². The summed E-state index contributed by atoms with van der Waals surface area (Å²) in [6, 6.07) is -0.253. The molecule has 0 spiro atoms. The van der Waals surface area contributed by atoms with Crippen molar-refractivity contribution in [2.45, 2.75) is 32.2 Å². The summed E-state index contributed by atoms with van der Waals surface area (Å²) >= 11 is 3.44. The van der Waals surface area contributed by atoms with Gasteiger partial charge in [0.25, 0.3) is 5.91 Å². The Hall–Kier alpha value is -0.580. The van der Waals surface area contributed by atoms with E-state index in [4.69, 9.17) is 0 Å². The molecule has 0 unspecified atom stereocenters. The van der Waals surface area contributed by atoms with Gasteiger partial charge in [0.05, 0.1) is 0 Å². The molecule has 15 heavy (non-hydrogen) atoms. The third-order valence-corrected chi connectivity index (χ3v) is 4.37. The maximum absolute atomic E-state index is 11.9. The van der Waals surface area contributed by atoms with Crippen LogP contribution in [-0.2, 0) is 4.79 Å². The molecule has 84 valence electrons. The molecule has 1 heterocycles. The molecule has 1 saturated heterocycles. The van der Waals surface area contributed by atoms with E-state index >= 15 is 0 Å². The highest BCUT2D eigenvalue weighted by Gasteiger charge is 2.51. The number of nitrogens with one attached hydrogen (secondary N) is 1. The third kappa shape index (κ3) is 1.77. The quantitative estimate of drug-likeness (QED) is 0.626. The first-order valence-corrected chi connectivity index (χ1v) is 6.22. The Kier molecular flexibility index (Phi) is 2.33. The number of imide groups is 1. The van der Waals surface area contributed by atoms with Crippen molar-refractivity contribution in [1.29, 1.82) is 0 Å². The monoisotopic (exact) mass is 274 g/mol. The first kappa shape index (κ1) is 10.9. The van der Waals surface area contributed by atoms with E-state index in [0.29, 0.717) is 6.54 Å². The van der Waals surface area contributed by atoms with Crippen LogP contribution in [0.3, 0.4) is 0 Å². The summed E-state index contributed by atoms with van der Waals surface area (Å²) in [6.45, 7) is 4.02. The Labute approximate surface area is 97.5 Å². The van der Waals surface area contributed by atoms with Crippen molar-refractivity contribution >= 4 is 27.9 Å². The van der Waals surface area contributed by atoms with E-state index in [0.717, 1.165) is 18.2 Å². The van der Waals surface area contributed by atoms with Crippen molar-refractivity contribution in [2.24, 2.45) is 5.41 Å². The molecule has 0 aromatic carbocycles. The van der Waals surface area contributed by atoms with Crippen molar-refractivity contribution in [2.75, 3.05) is 11.9 Å². The fourth-order valence-corrected chi connectivity index (χ4v) is 2.55. The van der Waals surface area contributed by atoms with Gasteiger partial charge in [-0.3, -0.25) is 9.69 Å². The van der Waals surface area contributed by atoms with Gasteiger partial charge in [-0.05, 0) is 32.1 Å². The fourth-order valence-electron chi connectivity index (χ4n) is 1.81. The fraction of sp³-hybridized carbons (Fsp3) is 0.800. The standard InChI is InChI=1S/C10H15BrN2O2/c1-9(2)7(14)13(8(15)12-9)6-10(5-11)3-4-10/h3-6H2,1-2H3,(H,12,15). The Morgan fingerprint density at radius 3 is 2.33 bits per heavy atom. The van der Waals surface area contributed by atoms with E-state index in [1.165, 1.54) is 4.90 Å². The molecule has 0 aromatic heterocycles. The van der Waals surface area contributed by atoms with Crippen molar-refractivity contribution < 1.29 is 9.59 Å². The molecule has 1 aliphatic carbocycles. The average Bonchev–Trinajstić information content (AvgIpc) is 2.89. The molecule has 2 rings (SSSR count). The summed E-state index contributed by atoms with van der Waals surface area (Å²) in [5, 5.41) is 3.55. The van der Waals surface area contributed by atoms with Crippen LogP contribution in [0.25, 0.3) is 0 Å². The molecular formula is C10H15BrN2O2. The lowest BCUT2D eigenvalue weighted by molar-refractivity contribution is -0.130. The van der Waals surface area contributed by atoms with Gasteiger partial charge < -0.3 is 5.32 Å². The summed E-state index contributed by atoms with van der Waals surface area (Å²) in [7, 11) is 0. The van der Waals surface area contributed by atoms with E-state index in [1.54, 1.807) is 13.8 Å². The van der Waals surface area contributed by atoms with E-state index in [1.807, 2.05) is 0 Å². The zero-order valence-electron chi connectivity index (χ0n) is 8.97. The van der Waals surface area contributed by atoms with Crippen LogP contribution >= 0.6 is 15.9 Å². The molecule has 0 aromatic rings. The number of alkyl halides is 1. The second-order valence-electron chi connectivity index (χ2n) is 5.08. The highest BCUT2D eigenvalue weighted by Crippen LogP contribution is 2.48. The number of amides is 3. The molecule has 0 bridgehead atoms. The lowest BCUT2D eigenvalue weighted by atomic mass is 10.1. The molecule has 3 amide bonds. The van der Waals surface area contributed by atoms with Gasteiger partial charge in [-0.1, -0.05) is 15.9 Å². The number of rotatable bonds is 3. The topological polar surface area (TPSA) is 49.4 Å². The molecule has 5 heteroatoms. The minimum atomic E-state index is -0.737. The van der Waals surface area contributed by atoms with Gasteiger partial charge in [0.1, 0.15) is 5.54 Å². The van der Waals surface area contributed by atoms with E-state index in [-0.39, 0.29) is 17.4 Å². The minimum Gasteiger partial charge on any atom is -0.324 e. The smallest absolute Gasteiger partial charge is 0.324 e. The minimum absolute atomic E-state index is 0.111. The molecule has 1 aliphatic heterocycles. The molecule has 0 atom stereocenters. The van der Waals surface area contributed by atoms with Crippen molar-refractivity contribution in [3.63, 3.8) is 0 Å². The molecule has 1 N–H and O–H groups in total. The van der Waals surface area contributed by atoms with Gasteiger partial charge in [0, 0.05) is 11.9 Å². The number of nitrogens with zero attached hydrogens (tertiary/aromatic N) is 1. The molecule has 2 fully saturated rings. The third-order valence-electron chi connectivity index (χ3n) is 3.18. The second-order valence-corrected chi connectivity index (χ2v) is 5.64. The van der Waals surface area contributed by atoms with Crippen LogP contribution in [-0.4, -0.2) is 34.3 Å². The largest absolute Gasteiger partial charge is 0.325 e. The number of hydrogen-bond acceptors (Lipinski definition) is 2. The van der Waals surface area contributed by atoms with E-state index in [2.05, 4.69) is 21.2 Å². The summed E-state index contributed by atoms with van der Waals surface area (Å²) in [6.07, 6.45) is 2.19. The van der Waals surface area contributed by atoms with Crippen LogP contribution in [0, 0.1) is 5.41 Å². The Morgan fingerprint density at radius 1 is 1.40 bits per heavy atom. The molecule has 1 saturated carbocycles. The molecule has 2 aliphatic rings. The summed E-state index contributed by atoms with van der Waals surface area (Å²) in [4.78, 5) is 24.8. The zero-order chi connectivity index (χ0) is 11.3. The van der Waals surface area contributed by atoms with Crippen molar-refractivity contribution in [3.05, 3.63) is 0 Å². The van der Waals surface area contributed by atoms with Crippen LogP contribution in [0.5, 0.6) is 0 Å². The molecular weight excluding hydrogens is 260 g/mol. The van der Waals surface area contributed by atoms with E-state index < -0.39 is 5.54 Å². The van der Waals surface area contributed by atoms with Gasteiger partial charge in [-0.25, -0.2) is 4.79 Å². The van der Waals surface area contributed by atoms with Crippen LogP contribution in [0.1, 0.15) is 26.7 Å². The van der Waals surface area contributed by atoms with Crippen LogP contribution in [0.15, 0.2) is 0 Å². The predicted octanol–water partition coefficient (Wildman–Crippen LogP) is 1.49. The van der Waals surface area contributed by atoms with Crippen LogP contribution < -0.4 is 5.32 Å². The van der Waals surface area contributed by atoms with Crippen molar-refractivity contribution in [1.82, 2.24) is 10.2 Å². The number of halogens is 1. The molecule has 0 radical (unpaired) electrons. The van der Waals surface area contributed by atoms with Gasteiger partial charge in [0.2, 0.25) is 0 Å². The maximum atomic E-state index is 11.9. The normalized spacial score (nSPS) is 26.7. The number of hydrogen-bond donors (Lipinski definition) is 1. The SMILES string of the molecule is CC1(C)NC(=O)N(CC2(CBr)CC2)C1=O. The van der Waals surface area contributed by atoms with Gasteiger partial charge in [-0.15, -0.1) is 0 Å². The predicted molar refractivity (Wildman–Crippen MR) is 59.8 cm³/mol. The number of carbonyl (C=O) groups excluding carboxylic acids is 2. The Balaban J connectivity index is 2.10. The second kappa shape index (κ2) is 3.20. The lowest BCUT2D eigenvalue weighted by Crippen LogP contribution is -2.41. The average molecular weight is 275 g/mol. The summed E-state index contributed by atoms with van der Waals surface area (Å²) in [5.74, 6) is -0.111. The highest BCUT2D eigenvalue weighted by molar-refractivity contribution is 9.09. The summed E-state index contributed by atoms with van der Waals surface area (Å²) in [5.41, 5.74) is -0.590. The highest BCUT2D eigenvalue weighted by atomic mass is 79.9. The van der Waals surface area contributed by atoms with E-state index in [9.17, 15) is 9.59 Å². The van der Waals surface area contributed by atoms with Crippen molar-refractivity contribution in [3.8, 4) is 0 Å². The van der Waals surface area contributed by atoms with Crippen LogP contribution in [0.2, 0.25) is 0 Å². The summed E-state index contributed by atoms with van der Waals surface area (Å²) < 4.78 is 0.